The summed E-state index contributed by atoms with van der Waals surface area (Å²) in [6.07, 6.45) is 5.87. The van der Waals surface area contributed by atoms with Crippen LogP contribution < -0.4 is 5.73 Å². The van der Waals surface area contributed by atoms with E-state index in [1.807, 2.05) is 4.68 Å². The normalized spacial score (nSPS) is 23.8. The van der Waals surface area contributed by atoms with Crippen molar-refractivity contribution >= 4 is 5.97 Å². The fraction of sp³-hybridized carbons (Fsp3) is 0.786. The lowest BCUT2D eigenvalue weighted by molar-refractivity contribution is -0.142. The van der Waals surface area contributed by atoms with Gasteiger partial charge < -0.3 is 15.2 Å². The molecule has 2 fully saturated rings. The van der Waals surface area contributed by atoms with Crippen LogP contribution in [0.3, 0.4) is 0 Å². The van der Waals surface area contributed by atoms with Gasteiger partial charge in [0.05, 0.1) is 24.4 Å². The van der Waals surface area contributed by atoms with Gasteiger partial charge in [-0.1, -0.05) is 5.21 Å². The van der Waals surface area contributed by atoms with Gasteiger partial charge in [-0.15, -0.1) is 5.10 Å². The molecule has 1 saturated carbocycles. The lowest BCUT2D eigenvalue weighted by Crippen LogP contribution is -2.46. The van der Waals surface area contributed by atoms with Crippen LogP contribution in [-0.2, 0) is 15.9 Å². The van der Waals surface area contributed by atoms with Crippen LogP contribution >= 0.6 is 0 Å². The average molecular weight is 294 g/mol. The summed E-state index contributed by atoms with van der Waals surface area (Å²) in [7, 11) is 1.35. The van der Waals surface area contributed by atoms with Crippen LogP contribution in [0, 0.1) is 0 Å². The van der Waals surface area contributed by atoms with E-state index in [0.717, 1.165) is 38.0 Å². The van der Waals surface area contributed by atoms with Crippen molar-refractivity contribution in [2.45, 2.75) is 50.2 Å². The van der Waals surface area contributed by atoms with Crippen molar-refractivity contribution in [2.75, 3.05) is 20.3 Å². The van der Waals surface area contributed by atoms with Crippen molar-refractivity contribution in [3.63, 3.8) is 0 Å². The number of aromatic nitrogens is 3. The summed E-state index contributed by atoms with van der Waals surface area (Å²) in [5.41, 5.74) is 6.77. The standard InChI is InChI=1S/C14H22N4O3/c1-20-13(19)12-11(3-7-15)18(17-16-12)10-4-8-21-14(9-10)5-2-6-14/h10H,2-9,15H2,1H3. The van der Waals surface area contributed by atoms with Gasteiger partial charge in [-0.05, 0) is 38.6 Å². The zero-order chi connectivity index (χ0) is 14.9. The van der Waals surface area contributed by atoms with Gasteiger partial charge in [-0.3, -0.25) is 0 Å². The topological polar surface area (TPSA) is 92.3 Å². The summed E-state index contributed by atoms with van der Waals surface area (Å²) in [6, 6.07) is 0.228. The van der Waals surface area contributed by atoms with Crippen molar-refractivity contribution in [3.8, 4) is 0 Å². The molecule has 1 aliphatic heterocycles. The van der Waals surface area contributed by atoms with E-state index in [-0.39, 0.29) is 17.3 Å². The molecule has 2 aliphatic rings. The van der Waals surface area contributed by atoms with E-state index in [4.69, 9.17) is 15.2 Å². The van der Waals surface area contributed by atoms with E-state index in [9.17, 15) is 4.79 Å². The van der Waals surface area contributed by atoms with Crippen LogP contribution in [0.1, 0.15) is 54.3 Å². The second-order valence-electron chi connectivity index (χ2n) is 5.89. The van der Waals surface area contributed by atoms with Crippen LogP contribution in [0.25, 0.3) is 0 Å². The highest BCUT2D eigenvalue weighted by atomic mass is 16.5. The summed E-state index contributed by atoms with van der Waals surface area (Å²) >= 11 is 0. The molecule has 1 spiro atoms. The molecule has 1 saturated heterocycles. The first-order valence-electron chi connectivity index (χ1n) is 7.55. The van der Waals surface area contributed by atoms with Crippen LogP contribution in [0.5, 0.6) is 0 Å². The lowest BCUT2D eigenvalue weighted by Gasteiger charge is -2.47. The third-order valence-corrected chi connectivity index (χ3v) is 4.63. The number of hydrogen-bond donors (Lipinski definition) is 1. The monoisotopic (exact) mass is 294 g/mol. The van der Waals surface area contributed by atoms with E-state index in [2.05, 4.69) is 10.3 Å². The minimum absolute atomic E-state index is 0.0281. The Morgan fingerprint density at radius 1 is 1.57 bits per heavy atom. The molecule has 0 aromatic carbocycles. The molecule has 0 bridgehead atoms. The molecule has 21 heavy (non-hydrogen) atoms. The van der Waals surface area contributed by atoms with Crippen molar-refractivity contribution in [1.82, 2.24) is 15.0 Å². The molecule has 1 aromatic heterocycles. The number of carbonyl (C=O) groups excluding carboxylic acids is 1. The molecule has 0 amide bonds. The molecule has 2 heterocycles. The van der Waals surface area contributed by atoms with Crippen LogP contribution in [0.2, 0.25) is 0 Å². The molecule has 0 radical (unpaired) electrons. The Balaban J connectivity index is 1.86. The highest BCUT2D eigenvalue weighted by molar-refractivity contribution is 5.88. The maximum Gasteiger partial charge on any atom is 0.360 e. The van der Waals surface area contributed by atoms with Crippen molar-refractivity contribution in [1.29, 1.82) is 0 Å². The summed E-state index contributed by atoms with van der Waals surface area (Å²) in [4.78, 5) is 11.8. The zero-order valence-corrected chi connectivity index (χ0v) is 12.4. The second-order valence-corrected chi connectivity index (χ2v) is 5.89. The predicted molar refractivity (Wildman–Crippen MR) is 74.9 cm³/mol. The minimum Gasteiger partial charge on any atom is -0.464 e. The Morgan fingerprint density at radius 3 is 3.00 bits per heavy atom. The highest BCUT2D eigenvalue weighted by Crippen LogP contribution is 2.45. The summed E-state index contributed by atoms with van der Waals surface area (Å²) in [5, 5.41) is 8.22. The van der Waals surface area contributed by atoms with Gasteiger partial charge in [0.25, 0.3) is 0 Å². The fourth-order valence-electron chi connectivity index (χ4n) is 3.36. The molecule has 116 valence electrons. The van der Waals surface area contributed by atoms with Gasteiger partial charge in [0, 0.05) is 13.0 Å². The van der Waals surface area contributed by atoms with Gasteiger partial charge in [0.2, 0.25) is 0 Å². The molecule has 7 nitrogen and oxygen atoms in total. The summed E-state index contributed by atoms with van der Waals surface area (Å²) in [6.45, 7) is 1.19. The quantitative estimate of drug-likeness (QED) is 0.827. The molecular weight excluding hydrogens is 272 g/mol. The van der Waals surface area contributed by atoms with Crippen LogP contribution in [0.15, 0.2) is 0 Å². The Labute approximate surface area is 123 Å². The largest absolute Gasteiger partial charge is 0.464 e. The Kier molecular flexibility index (Phi) is 3.95. The number of carbonyl (C=O) groups is 1. The van der Waals surface area contributed by atoms with Gasteiger partial charge in [0.15, 0.2) is 5.69 Å². The van der Waals surface area contributed by atoms with Gasteiger partial charge in [0.1, 0.15) is 0 Å². The van der Waals surface area contributed by atoms with Crippen LogP contribution in [0.4, 0.5) is 0 Å². The number of hydrogen-bond acceptors (Lipinski definition) is 6. The number of methoxy groups -OCH3 is 1. The second kappa shape index (κ2) is 5.73. The number of ether oxygens (including phenoxy) is 2. The smallest absolute Gasteiger partial charge is 0.360 e. The maximum absolute atomic E-state index is 11.8. The third kappa shape index (κ3) is 2.55. The van der Waals surface area contributed by atoms with E-state index >= 15 is 0 Å². The zero-order valence-electron chi connectivity index (χ0n) is 12.4. The molecule has 1 atom stereocenters. The van der Waals surface area contributed by atoms with Crippen molar-refractivity contribution in [3.05, 3.63) is 11.4 Å². The molecule has 1 unspecified atom stereocenters. The van der Waals surface area contributed by atoms with E-state index in [1.165, 1.54) is 13.5 Å². The van der Waals surface area contributed by atoms with Crippen molar-refractivity contribution in [2.24, 2.45) is 5.73 Å². The summed E-state index contributed by atoms with van der Waals surface area (Å²) in [5.74, 6) is -0.449. The Morgan fingerprint density at radius 2 is 2.38 bits per heavy atom. The highest BCUT2D eigenvalue weighted by Gasteiger charge is 2.44. The molecule has 7 heteroatoms. The van der Waals surface area contributed by atoms with E-state index in [1.54, 1.807) is 0 Å². The number of rotatable bonds is 4. The number of nitrogens with zero attached hydrogens (tertiary/aromatic N) is 3. The Hall–Kier alpha value is -1.47. The van der Waals surface area contributed by atoms with Gasteiger partial charge >= 0.3 is 5.97 Å². The Bertz CT molecular complexity index is 524. The van der Waals surface area contributed by atoms with Crippen LogP contribution in [-0.4, -0.2) is 46.8 Å². The SMILES string of the molecule is COC(=O)c1nnn(C2CCOC3(CCC3)C2)c1CCN. The first-order valence-corrected chi connectivity index (χ1v) is 7.55. The number of nitrogens with two attached hydrogens (primary N) is 1. The van der Waals surface area contributed by atoms with Crippen molar-refractivity contribution < 1.29 is 14.3 Å². The fourth-order valence-corrected chi connectivity index (χ4v) is 3.36. The summed E-state index contributed by atoms with van der Waals surface area (Å²) < 4.78 is 12.6. The minimum atomic E-state index is -0.449. The maximum atomic E-state index is 11.8. The average Bonchev–Trinajstić information content (AvgIpc) is 2.89. The van der Waals surface area contributed by atoms with E-state index < -0.39 is 5.97 Å². The van der Waals surface area contributed by atoms with E-state index in [0.29, 0.717) is 13.0 Å². The van der Waals surface area contributed by atoms with Gasteiger partial charge in [-0.2, -0.15) is 0 Å². The first kappa shape index (κ1) is 14.5. The molecule has 3 rings (SSSR count). The third-order valence-electron chi connectivity index (χ3n) is 4.63. The lowest BCUT2D eigenvalue weighted by atomic mass is 9.74. The molecular formula is C14H22N4O3. The molecule has 2 N–H and O–H groups in total. The van der Waals surface area contributed by atoms with Gasteiger partial charge in [-0.25, -0.2) is 9.48 Å². The molecule has 1 aromatic rings. The predicted octanol–water partition coefficient (Wildman–Crippen LogP) is 0.840. The molecule has 1 aliphatic carbocycles. The number of esters is 1. The first-order chi connectivity index (χ1) is 10.2.